The Morgan fingerprint density at radius 3 is 2.61 bits per heavy atom. The minimum absolute atomic E-state index is 0.0341. The first kappa shape index (κ1) is 18.1. The summed E-state index contributed by atoms with van der Waals surface area (Å²) < 4.78 is 5.28. The third-order valence-corrected chi connectivity index (χ3v) is 4.68. The van der Waals surface area contributed by atoms with Gasteiger partial charge in [0, 0.05) is 6.54 Å². The molecule has 2 rings (SSSR count). The number of carbonyl (C=O) groups is 3. The van der Waals surface area contributed by atoms with Gasteiger partial charge in [0.2, 0.25) is 0 Å². The van der Waals surface area contributed by atoms with Crippen molar-refractivity contribution in [3.05, 3.63) is 10.6 Å². The highest BCUT2D eigenvalue weighted by Crippen LogP contribution is 2.60. The van der Waals surface area contributed by atoms with Crippen LogP contribution in [0.2, 0.25) is 0 Å². The van der Waals surface area contributed by atoms with E-state index in [0.717, 1.165) is 11.3 Å². The predicted octanol–water partition coefficient (Wildman–Crippen LogP) is 2.75. The monoisotopic (exact) mass is 362 g/mol. The number of carbonyl (C=O) groups excluding carboxylic acids is 3. The highest BCUT2D eigenvalue weighted by molar-refractivity contribution is 6.55. The Balaban J connectivity index is 1.92. The summed E-state index contributed by atoms with van der Waals surface area (Å²) in [7, 11) is 0. The van der Waals surface area contributed by atoms with Crippen molar-refractivity contribution in [3.63, 3.8) is 0 Å². The zero-order valence-electron chi connectivity index (χ0n) is 13.3. The minimum atomic E-state index is -0.458. The maximum atomic E-state index is 12.2. The molecule has 0 bridgehead atoms. The molecule has 0 aromatic heterocycles. The van der Waals surface area contributed by atoms with E-state index in [0.29, 0.717) is 6.54 Å². The van der Waals surface area contributed by atoms with Gasteiger partial charge in [-0.1, -0.05) is 44.0 Å². The Labute approximate surface area is 145 Å². The Kier molecular flexibility index (Phi) is 5.26. The lowest BCUT2D eigenvalue weighted by Gasteiger charge is -2.16. The van der Waals surface area contributed by atoms with E-state index in [-0.39, 0.29) is 40.9 Å². The van der Waals surface area contributed by atoms with Crippen LogP contribution in [0, 0.1) is 17.3 Å². The Morgan fingerprint density at radius 1 is 1.39 bits per heavy atom. The van der Waals surface area contributed by atoms with Gasteiger partial charge >= 0.3 is 12.0 Å². The molecule has 2 unspecified atom stereocenters. The SMILES string of the molecule is CCCN1CC(=O)N(COC(=O)C2C(C=C(Cl)Cl)C2(C)C)C1=O. The van der Waals surface area contributed by atoms with E-state index in [1.165, 1.54) is 4.90 Å². The van der Waals surface area contributed by atoms with E-state index in [1.54, 1.807) is 6.08 Å². The third kappa shape index (κ3) is 3.63. The average molecular weight is 363 g/mol. The van der Waals surface area contributed by atoms with E-state index >= 15 is 0 Å². The molecule has 1 aliphatic carbocycles. The maximum Gasteiger partial charge on any atom is 0.330 e. The number of esters is 1. The molecule has 0 N–H and O–H groups in total. The molecule has 0 aromatic carbocycles. The van der Waals surface area contributed by atoms with Gasteiger partial charge in [-0.2, -0.15) is 0 Å². The molecule has 0 aromatic rings. The van der Waals surface area contributed by atoms with Gasteiger partial charge in [-0.3, -0.25) is 9.59 Å². The van der Waals surface area contributed by atoms with Gasteiger partial charge < -0.3 is 9.64 Å². The van der Waals surface area contributed by atoms with Crippen molar-refractivity contribution >= 4 is 41.1 Å². The van der Waals surface area contributed by atoms with Crippen LogP contribution in [0.15, 0.2) is 10.6 Å². The molecule has 1 aliphatic heterocycles. The normalized spacial score (nSPS) is 25.6. The molecular weight excluding hydrogens is 343 g/mol. The third-order valence-electron chi connectivity index (χ3n) is 4.43. The number of allylic oxidation sites excluding steroid dienone is 1. The first-order valence-corrected chi connectivity index (χ1v) is 8.24. The fourth-order valence-corrected chi connectivity index (χ4v) is 3.23. The summed E-state index contributed by atoms with van der Waals surface area (Å²) in [5, 5.41) is 0. The van der Waals surface area contributed by atoms with Gasteiger partial charge in [-0.05, 0) is 23.8 Å². The standard InChI is InChI=1S/C15H20Cl2N2O4/c1-4-5-18-7-11(20)19(14(18)22)8-23-13(21)12-9(6-10(16)17)15(12,2)3/h6,9,12H,4-5,7-8H2,1-3H3. The molecule has 1 saturated carbocycles. The second kappa shape index (κ2) is 6.69. The molecule has 0 radical (unpaired) electrons. The fourth-order valence-electron chi connectivity index (χ4n) is 2.96. The van der Waals surface area contributed by atoms with Crippen LogP contribution in [0.1, 0.15) is 27.2 Å². The van der Waals surface area contributed by atoms with E-state index in [9.17, 15) is 14.4 Å². The lowest BCUT2D eigenvalue weighted by Crippen LogP contribution is -2.36. The maximum absolute atomic E-state index is 12.2. The van der Waals surface area contributed by atoms with E-state index < -0.39 is 12.0 Å². The summed E-state index contributed by atoms with van der Waals surface area (Å²) in [6, 6.07) is -0.417. The average Bonchev–Trinajstić information content (AvgIpc) is 2.85. The minimum Gasteiger partial charge on any atom is -0.443 e. The molecule has 23 heavy (non-hydrogen) atoms. The Hall–Kier alpha value is -1.27. The van der Waals surface area contributed by atoms with Gasteiger partial charge in [0.25, 0.3) is 5.91 Å². The van der Waals surface area contributed by atoms with Crippen molar-refractivity contribution < 1.29 is 19.1 Å². The van der Waals surface area contributed by atoms with Crippen LogP contribution >= 0.6 is 23.2 Å². The van der Waals surface area contributed by atoms with Gasteiger partial charge in [0.05, 0.1) is 5.92 Å². The molecule has 2 atom stereocenters. The van der Waals surface area contributed by atoms with E-state index in [1.807, 2.05) is 20.8 Å². The van der Waals surface area contributed by atoms with E-state index in [2.05, 4.69) is 0 Å². The first-order valence-electron chi connectivity index (χ1n) is 7.48. The summed E-state index contributed by atoms with van der Waals surface area (Å²) in [4.78, 5) is 38.5. The second-order valence-electron chi connectivity index (χ2n) is 6.40. The molecule has 6 nitrogen and oxygen atoms in total. The first-order chi connectivity index (χ1) is 10.7. The topological polar surface area (TPSA) is 66.9 Å². The molecule has 2 aliphatic rings. The van der Waals surface area contributed by atoms with Crippen molar-refractivity contribution in [1.29, 1.82) is 0 Å². The lowest BCUT2D eigenvalue weighted by molar-refractivity contribution is -0.151. The number of amides is 3. The summed E-state index contributed by atoms with van der Waals surface area (Å²) in [6.07, 6.45) is 2.38. The van der Waals surface area contributed by atoms with Crippen molar-refractivity contribution in [2.45, 2.75) is 27.2 Å². The number of rotatable bonds is 6. The Morgan fingerprint density at radius 2 is 2.04 bits per heavy atom. The number of halogens is 2. The van der Waals surface area contributed by atoms with Crippen molar-refractivity contribution in [3.8, 4) is 0 Å². The molecule has 2 fully saturated rings. The number of hydrogen-bond acceptors (Lipinski definition) is 4. The largest absolute Gasteiger partial charge is 0.443 e. The van der Waals surface area contributed by atoms with Crippen LogP contribution < -0.4 is 0 Å². The number of imide groups is 1. The molecule has 0 spiro atoms. The molecule has 3 amide bonds. The van der Waals surface area contributed by atoms with Crippen molar-refractivity contribution in [2.24, 2.45) is 17.3 Å². The second-order valence-corrected chi connectivity index (χ2v) is 7.41. The van der Waals surface area contributed by atoms with Crippen LogP contribution in [-0.2, 0) is 14.3 Å². The molecule has 1 heterocycles. The van der Waals surface area contributed by atoms with Crippen molar-refractivity contribution in [1.82, 2.24) is 9.80 Å². The summed E-state index contributed by atoms with van der Waals surface area (Å²) in [6.45, 7) is 5.93. The number of hydrogen-bond donors (Lipinski definition) is 0. The van der Waals surface area contributed by atoms with Crippen LogP contribution in [0.25, 0.3) is 0 Å². The number of ether oxygens (including phenoxy) is 1. The van der Waals surface area contributed by atoms with Crippen LogP contribution in [-0.4, -0.2) is 47.5 Å². The molecule has 1 saturated heterocycles. The quantitative estimate of drug-likeness (QED) is 0.538. The lowest BCUT2D eigenvalue weighted by atomic mass is 10.1. The highest BCUT2D eigenvalue weighted by Gasteiger charge is 2.61. The van der Waals surface area contributed by atoms with E-state index in [4.69, 9.17) is 27.9 Å². The summed E-state index contributed by atoms with van der Waals surface area (Å²) >= 11 is 11.3. The summed E-state index contributed by atoms with van der Waals surface area (Å²) in [5.74, 6) is -1.30. The summed E-state index contributed by atoms with van der Waals surface area (Å²) in [5.41, 5.74) is -0.306. The Bertz CT molecular complexity index is 558. The highest BCUT2D eigenvalue weighted by atomic mass is 35.5. The van der Waals surface area contributed by atoms with Crippen molar-refractivity contribution in [2.75, 3.05) is 19.8 Å². The zero-order valence-corrected chi connectivity index (χ0v) is 14.9. The fraction of sp³-hybridized carbons (Fsp3) is 0.667. The van der Waals surface area contributed by atoms with Gasteiger partial charge in [0.1, 0.15) is 11.0 Å². The van der Waals surface area contributed by atoms with Gasteiger partial charge in [0.15, 0.2) is 6.73 Å². The van der Waals surface area contributed by atoms with Gasteiger partial charge in [-0.25, -0.2) is 9.69 Å². The smallest absolute Gasteiger partial charge is 0.330 e. The van der Waals surface area contributed by atoms with Crippen LogP contribution in [0.5, 0.6) is 0 Å². The zero-order chi connectivity index (χ0) is 17.4. The molecule has 8 heteroatoms. The van der Waals surface area contributed by atoms with Crippen LogP contribution in [0.4, 0.5) is 4.79 Å². The van der Waals surface area contributed by atoms with Crippen LogP contribution in [0.3, 0.4) is 0 Å². The molecule has 128 valence electrons. The van der Waals surface area contributed by atoms with Gasteiger partial charge in [-0.15, -0.1) is 0 Å². The molecular formula is C15H20Cl2N2O4. The number of urea groups is 1. The predicted molar refractivity (Wildman–Crippen MR) is 85.6 cm³/mol. The number of nitrogens with zero attached hydrogens (tertiary/aromatic N) is 2.